The van der Waals surface area contributed by atoms with Crippen molar-refractivity contribution in [3.05, 3.63) is 34.9 Å². The van der Waals surface area contributed by atoms with Gasteiger partial charge in [0.05, 0.1) is 0 Å². The molecule has 2 nitrogen and oxygen atoms in total. The molecule has 3 rings (SSSR count). The molecule has 1 fully saturated rings. The van der Waals surface area contributed by atoms with Crippen molar-refractivity contribution in [1.29, 1.82) is 0 Å². The van der Waals surface area contributed by atoms with Gasteiger partial charge in [0.15, 0.2) is 5.78 Å². The predicted octanol–water partition coefficient (Wildman–Crippen LogP) is 3.87. The first kappa shape index (κ1) is 14.8. The average molecular weight is 285 g/mol. The van der Waals surface area contributed by atoms with Crippen molar-refractivity contribution in [2.24, 2.45) is 5.92 Å². The molecular formula is C19H27NO. The maximum Gasteiger partial charge on any atom is 0.167 e. The van der Waals surface area contributed by atoms with E-state index in [0.717, 1.165) is 31.5 Å². The van der Waals surface area contributed by atoms with E-state index in [0.29, 0.717) is 5.78 Å². The van der Waals surface area contributed by atoms with Gasteiger partial charge < -0.3 is 4.90 Å². The summed E-state index contributed by atoms with van der Waals surface area (Å²) in [7, 11) is 0. The van der Waals surface area contributed by atoms with Crippen LogP contribution in [-0.2, 0) is 12.8 Å². The molecule has 0 aromatic heterocycles. The molecule has 1 aromatic carbocycles. The predicted molar refractivity (Wildman–Crippen MR) is 86.9 cm³/mol. The molecule has 0 bridgehead atoms. The molecule has 2 aliphatic rings. The first-order chi connectivity index (χ1) is 10.3. The standard InChI is InChI=1S/C19H27NO/c1-2-11-20-12-5-8-18(14-20)19(21)17-10-9-15-6-3-4-7-16(15)13-17/h9-10,13,18H,2-8,11-12,14H2,1H3. The van der Waals surface area contributed by atoms with E-state index in [9.17, 15) is 4.79 Å². The van der Waals surface area contributed by atoms with Crippen LogP contribution >= 0.6 is 0 Å². The molecule has 21 heavy (non-hydrogen) atoms. The zero-order valence-electron chi connectivity index (χ0n) is 13.2. The van der Waals surface area contributed by atoms with Crippen molar-refractivity contribution < 1.29 is 4.79 Å². The molecule has 1 unspecified atom stereocenters. The molecule has 0 saturated carbocycles. The summed E-state index contributed by atoms with van der Waals surface area (Å²) in [4.78, 5) is 15.3. The zero-order chi connectivity index (χ0) is 14.7. The summed E-state index contributed by atoms with van der Waals surface area (Å²) >= 11 is 0. The smallest absolute Gasteiger partial charge is 0.167 e. The third-order valence-corrected chi connectivity index (χ3v) is 5.05. The molecule has 1 atom stereocenters. The van der Waals surface area contributed by atoms with Gasteiger partial charge in [-0.3, -0.25) is 4.79 Å². The Morgan fingerprint density at radius 1 is 1.19 bits per heavy atom. The van der Waals surface area contributed by atoms with Crippen LogP contribution in [-0.4, -0.2) is 30.3 Å². The highest BCUT2D eigenvalue weighted by Gasteiger charge is 2.26. The van der Waals surface area contributed by atoms with E-state index in [-0.39, 0.29) is 5.92 Å². The summed E-state index contributed by atoms with van der Waals surface area (Å²) in [6.45, 7) is 5.48. The van der Waals surface area contributed by atoms with Crippen molar-refractivity contribution >= 4 is 5.78 Å². The number of benzene rings is 1. The summed E-state index contributed by atoms with van der Waals surface area (Å²) in [6, 6.07) is 6.47. The van der Waals surface area contributed by atoms with Gasteiger partial charge in [0, 0.05) is 18.0 Å². The highest BCUT2D eigenvalue weighted by Crippen LogP contribution is 2.26. The molecule has 0 spiro atoms. The van der Waals surface area contributed by atoms with E-state index in [1.807, 2.05) is 0 Å². The summed E-state index contributed by atoms with van der Waals surface area (Å²) in [6.07, 6.45) is 8.34. The molecule has 2 heteroatoms. The lowest BCUT2D eigenvalue weighted by Gasteiger charge is -2.31. The summed E-state index contributed by atoms with van der Waals surface area (Å²) in [5.74, 6) is 0.594. The van der Waals surface area contributed by atoms with Gasteiger partial charge in [0.1, 0.15) is 0 Å². The molecule has 1 aliphatic heterocycles. The number of aryl methyl sites for hydroxylation is 2. The Labute approximate surface area is 128 Å². The minimum Gasteiger partial charge on any atom is -0.303 e. The number of carbonyl (C=O) groups excluding carboxylic acids is 1. The topological polar surface area (TPSA) is 20.3 Å². The minimum absolute atomic E-state index is 0.215. The van der Waals surface area contributed by atoms with Crippen LogP contribution in [0.15, 0.2) is 18.2 Å². The van der Waals surface area contributed by atoms with Gasteiger partial charge in [-0.15, -0.1) is 0 Å². The van der Waals surface area contributed by atoms with Crippen LogP contribution in [0.4, 0.5) is 0 Å². The maximum atomic E-state index is 12.8. The second-order valence-corrected chi connectivity index (χ2v) is 6.69. The number of ketones is 1. The molecule has 1 aliphatic carbocycles. The number of fused-ring (bicyclic) bond motifs is 1. The largest absolute Gasteiger partial charge is 0.303 e. The summed E-state index contributed by atoms with van der Waals surface area (Å²) in [5, 5.41) is 0. The van der Waals surface area contributed by atoms with Crippen molar-refractivity contribution in [3.8, 4) is 0 Å². The fraction of sp³-hybridized carbons (Fsp3) is 0.632. The number of Topliss-reactive ketones (excluding diaryl/α,β-unsaturated/α-hetero) is 1. The van der Waals surface area contributed by atoms with Gasteiger partial charge >= 0.3 is 0 Å². The van der Waals surface area contributed by atoms with E-state index in [1.54, 1.807) is 0 Å². The Morgan fingerprint density at radius 3 is 2.81 bits per heavy atom. The fourth-order valence-corrected chi connectivity index (χ4v) is 3.91. The van der Waals surface area contributed by atoms with Crippen LogP contribution in [0.5, 0.6) is 0 Å². The zero-order valence-corrected chi connectivity index (χ0v) is 13.2. The molecule has 1 saturated heterocycles. The highest BCUT2D eigenvalue weighted by atomic mass is 16.1. The number of rotatable bonds is 4. The normalized spacial score (nSPS) is 22.8. The van der Waals surface area contributed by atoms with E-state index >= 15 is 0 Å². The van der Waals surface area contributed by atoms with Crippen molar-refractivity contribution in [1.82, 2.24) is 4.90 Å². The molecule has 1 aromatic rings. The third-order valence-electron chi connectivity index (χ3n) is 5.05. The van der Waals surface area contributed by atoms with Crippen molar-refractivity contribution in [2.75, 3.05) is 19.6 Å². The van der Waals surface area contributed by atoms with Crippen molar-refractivity contribution in [3.63, 3.8) is 0 Å². The number of nitrogens with zero attached hydrogens (tertiary/aromatic N) is 1. The van der Waals surface area contributed by atoms with Gasteiger partial charge in [-0.05, 0) is 75.2 Å². The second-order valence-electron chi connectivity index (χ2n) is 6.69. The Hall–Kier alpha value is -1.15. The first-order valence-corrected chi connectivity index (χ1v) is 8.66. The molecule has 0 N–H and O–H groups in total. The summed E-state index contributed by atoms with van der Waals surface area (Å²) in [5.41, 5.74) is 3.85. The monoisotopic (exact) mass is 285 g/mol. The van der Waals surface area contributed by atoms with Crippen LogP contribution in [0.2, 0.25) is 0 Å². The van der Waals surface area contributed by atoms with Crippen LogP contribution in [0.1, 0.15) is 60.5 Å². The van der Waals surface area contributed by atoms with Crippen molar-refractivity contribution in [2.45, 2.75) is 51.9 Å². The highest BCUT2D eigenvalue weighted by molar-refractivity contribution is 5.98. The Kier molecular flexibility index (Phi) is 4.74. The lowest BCUT2D eigenvalue weighted by molar-refractivity contribution is 0.0820. The van der Waals surface area contributed by atoms with Gasteiger partial charge in [-0.2, -0.15) is 0 Å². The molecular weight excluding hydrogens is 258 g/mol. The SMILES string of the molecule is CCCN1CCCC(C(=O)c2ccc3c(c2)CCCC3)C1. The fourth-order valence-electron chi connectivity index (χ4n) is 3.91. The van der Waals surface area contributed by atoms with Crippen LogP contribution in [0.3, 0.4) is 0 Å². The summed E-state index contributed by atoms with van der Waals surface area (Å²) < 4.78 is 0. The minimum atomic E-state index is 0.215. The van der Waals surface area contributed by atoms with E-state index in [1.165, 1.54) is 49.8 Å². The van der Waals surface area contributed by atoms with E-state index < -0.39 is 0 Å². The second kappa shape index (κ2) is 6.74. The Morgan fingerprint density at radius 2 is 2.00 bits per heavy atom. The molecule has 0 amide bonds. The molecule has 0 radical (unpaired) electrons. The Balaban J connectivity index is 1.72. The van der Waals surface area contributed by atoms with E-state index in [4.69, 9.17) is 0 Å². The third kappa shape index (κ3) is 3.37. The maximum absolute atomic E-state index is 12.8. The molecule has 114 valence electrons. The average Bonchev–Trinajstić information content (AvgIpc) is 2.54. The number of carbonyl (C=O) groups is 1. The van der Waals surface area contributed by atoms with E-state index in [2.05, 4.69) is 30.0 Å². The van der Waals surface area contributed by atoms with Gasteiger partial charge in [-0.1, -0.05) is 19.1 Å². The lowest BCUT2D eigenvalue weighted by atomic mass is 9.86. The van der Waals surface area contributed by atoms with Crippen LogP contribution in [0.25, 0.3) is 0 Å². The quantitative estimate of drug-likeness (QED) is 0.783. The Bertz CT molecular complexity index is 506. The number of likely N-dealkylation sites (tertiary alicyclic amines) is 1. The van der Waals surface area contributed by atoms with Gasteiger partial charge in [0.25, 0.3) is 0 Å². The number of hydrogen-bond acceptors (Lipinski definition) is 2. The van der Waals surface area contributed by atoms with Gasteiger partial charge in [0.2, 0.25) is 0 Å². The number of piperidine rings is 1. The van der Waals surface area contributed by atoms with Crippen LogP contribution < -0.4 is 0 Å². The lowest BCUT2D eigenvalue weighted by Crippen LogP contribution is -2.39. The molecule has 1 heterocycles. The van der Waals surface area contributed by atoms with Crippen LogP contribution in [0, 0.1) is 5.92 Å². The number of hydrogen-bond donors (Lipinski definition) is 0. The first-order valence-electron chi connectivity index (χ1n) is 8.66. The van der Waals surface area contributed by atoms with Gasteiger partial charge in [-0.25, -0.2) is 0 Å².